The third-order valence-corrected chi connectivity index (χ3v) is 6.18. The highest BCUT2D eigenvalue weighted by Gasteiger charge is 2.41. The maximum atomic E-state index is 13.6. The molecule has 0 spiro atoms. The Hall–Kier alpha value is -3.21. The summed E-state index contributed by atoms with van der Waals surface area (Å²) in [6.07, 6.45) is -7.38. The lowest BCUT2D eigenvalue weighted by Gasteiger charge is -2.29. The number of hydrogen-bond acceptors (Lipinski definition) is 5. The largest absolute Gasteiger partial charge is 0.415 e. The van der Waals surface area contributed by atoms with Crippen LogP contribution in [0.2, 0.25) is 0 Å². The van der Waals surface area contributed by atoms with E-state index < -0.39 is 29.5 Å². The molecule has 0 fully saturated rings. The van der Waals surface area contributed by atoms with E-state index in [1.165, 1.54) is 28.8 Å². The van der Waals surface area contributed by atoms with Gasteiger partial charge in [-0.05, 0) is 35.4 Å². The molecule has 0 amide bonds. The first-order valence-corrected chi connectivity index (χ1v) is 11.1. The SMILES string of the molecule is O[C@@H](CSc1nnc(C(O)(c2ccccc2)c2ccccc2)n1-c1ccc(F)cc1)C(F)(F)F. The van der Waals surface area contributed by atoms with Crippen molar-refractivity contribution in [2.45, 2.75) is 23.0 Å². The van der Waals surface area contributed by atoms with Crippen LogP contribution < -0.4 is 0 Å². The Bertz CT molecular complexity index is 1190. The molecule has 0 aliphatic rings. The maximum absolute atomic E-state index is 13.6. The Morgan fingerprint density at radius 2 is 1.35 bits per heavy atom. The molecule has 0 aliphatic carbocycles. The smallest absolute Gasteiger partial charge is 0.383 e. The van der Waals surface area contributed by atoms with E-state index in [9.17, 15) is 27.8 Å². The second kappa shape index (κ2) is 9.57. The zero-order valence-corrected chi connectivity index (χ0v) is 18.3. The molecule has 5 nitrogen and oxygen atoms in total. The third-order valence-electron chi connectivity index (χ3n) is 5.17. The van der Waals surface area contributed by atoms with Crippen LogP contribution in [0.3, 0.4) is 0 Å². The average molecular weight is 489 g/mol. The lowest BCUT2D eigenvalue weighted by molar-refractivity contribution is -0.195. The molecule has 4 rings (SSSR count). The first kappa shape index (κ1) is 23.9. The molecule has 0 unspecified atom stereocenters. The third kappa shape index (κ3) is 4.70. The van der Waals surface area contributed by atoms with Gasteiger partial charge < -0.3 is 10.2 Å². The summed E-state index contributed by atoms with van der Waals surface area (Å²) in [5, 5.41) is 29.8. The normalized spacial score (nSPS) is 13.1. The number of benzene rings is 3. The monoisotopic (exact) mass is 489 g/mol. The summed E-state index contributed by atoms with van der Waals surface area (Å²) in [6, 6.07) is 22.4. The van der Waals surface area contributed by atoms with Crippen LogP contribution in [0.25, 0.3) is 5.69 Å². The molecule has 0 saturated heterocycles. The van der Waals surface area contributed by atoms with Crippen molar-refractivity contribution in [2.24, 2.45) is 0 Å². The van der Waals surface area contributed by atoms with E-state index in [1.807, 2.05) is 0 Å². The van der Waals surface area contributed by atoms with Gasteiger partial charge in [-0.25, -0.2) is 4.39 Å². The lowest BCUT2D eigenvalue weighted by atomic mass is 9.85. The van der Waals surface area contributed by atoms with Crippen molar-refractivity contribution in [3.8, 4) is 5.69 Å². The van der Waals surface area contributed by atoms with Crippen LogP contribution >= 0.6 is 11.8 Å². The minimum atomic E-state index is -4.80. The zero-order chi connectivity index (χ0) is 24.3. The van der Waals surface area contributed by atoms with Crippen molar-refractivity contribution in [1.82, 2.24) is 14.8 Å². The van der Waals surface area contributed by atoms with Gasteiger partial charge in [-0.15, -0.1) is 10.2 Å². The highest BCUT2D eigenvalue weighted by atomic mass is 32.2. The molecular weight excluding hydrogens is 470 g/mol. The van der Waals surface area contributed by atoms with Gasteiger partial charge in [0.2, 0.25) is 0 Å². The number of aliphatic hydroxyl groups excluding tert-OH is 1. The van der Waals surface area contributed by atoms with Gasteiger partial charge in [-0.1, -0.05) is 72.4 Å². The Balaban J connectivity index is 1.90. The van der Waals surface area contributed by atoms with Crippen LogP contribution in [0, 0.1) is 5.82 Å². The molecule has 1 atom stereocenters. The molecule has 0 radical (unpaired) electrons. The van der Waals surface area contributed by atoms with E-state index in [0.29, 0.717) is 28.6 Å². The fourth-order valence-corrected chi connectivity index (χ4v) is 4.37. The van der Waals surface area contributed by atoms with Crippen LogP contribution in [0.5, 0.6) is 0 Å². The van der Waals surface area contributed by atoms with Crippen molar-refractivity contribution in [1.29, 1.82) is 0 Å². The first-order chi connectivity index (χ1) is 16.2. The number of aromatic nitrogens is 3. The molecule has 2 N–H and O–H groups in total. The second-order valence-electron chi connectivity index (χ2n) is 7.43. The molecule has 1 heterocycles. The molecule has 0 bridgehead atoms. The lowest BCUT2D eigenvalue weighted by Crippen LogP contribution is -2.33. The Labute approximate surface area is 196 Å². The van der Waals surface area contributed by atoms with E-state index in [0.717, 1.165) is 0 Å². The maximum Gasteiger partial charge on any atom is 0.415 e. The molecule has 176 valence electrons. The van der Waals surface area contributed by atoms with Crippen LogP contribution in [0.15, 0.2) is 90.1 Å². The van der Waals surface area contributed by atoms with Crippen molar-refractivity contribution >= 4 is 11.8 Å². The van der Waals surface area contributed by atoms with Crippen LogP contribution in [0.4, 0.5) is 17.6 Å². The molecule has 1 aromatic heterocycles. The Morgan fingerprint density at radius 3 is 1.85 bits per heavy atom. The molecule has 10 heteroatoms. The van der Waals surface area contributed by atoms with E-state index in [2.05, 4.69) is 10.2 Å². The quantitative estimate of drug-likeness (QED) is 0.291. The summed E-state index contributed by atoms with van der Waals surface area (Å²) in [6.45, 7) is 0. The first-order valence-electron chi connectivity index (χ1n) is 10.1. The number of hydrogen-bond donors (Lipinski definition) is 2. The van der Waals surface area contributed by atoms with Gasteiger partial charge in [-0.2, -0.15) is 13.2 Å². The number of rotatable bonds is 7. The van der Waals surface area contributed by atoms with Gasteiger partial charge in [0, 0.05) is 11.4 Å². The van der Waals surface area contributed by atoms with Crippen molar-refractivity contribution in [2.75, 3.05) is 5.75 Å². The predicted molar refractivity (Wildman–Crippen MR) is 119 cm³/mol. The molecule has 34 heavy (non-hydrogen) atoms. The summed E-state index contributed by atoms with van der Waals surface area (Å²) in [5.41, 5.74) is -0.617. The number of alkyl halides is 3. The molecular formula is C24H19F4N3O2S. The van der Waals surface area contributed by atoms with Gasteiger partial charge in [0.25, 0.3) is 0 Å². The van der Waals surface area contributed by atoms with E-state index in [-0.39, 0.29) is 11.0 Å². The predicted octanol–water partition coefficient (Wildman–Crippen LogP) is 4.71. The topological polar surface area (TPSA) is 71.2 Å². The Morgan fingerprint density at radius 1 is 0.824 bits per heavy atom. The van der Waals surface area contributed by atoms with Crippen molar-refractivity contribution < 1.29 is 27.8 Å². The van der Waals surface area contributed by atoms with E-state index in [4.69, 9.17) is 0 Å². The summed E-state index contributed by atoms with van der Waals surface area (Å²) in [7, 11) is 0. The van der Waals surface area contributed by atoms with Crippen LogP contribution in [-0.4, -0.2) is 43.0 Å². The summed E-state index contributed by atoms with van der Waals surface area (Å²) in [4.78, 5) is 0. The minimum Gasteiger partial charge on any atom is -0.383 e. The highest BCUT2D eigenvalue weighted by molar-refractivity contribution is 7.99. The number of aliphatic hydroxyl groups is 2. The van der Waals surface area contributed by atoms with Gasteiger partial charge in [0.1, 0.15) is 5.82 Å². The van der Waals surface area contributed by atoms with E-state index >= 15 is 0 Å². The molecule has 0 saturated carbocycles. The van der Waals surface area contributed by atoms with E-state index in [1.54, 1.807) is 60.7 Å². The summed E-state index contributed by atoms with van der Waals surface area (Å²) >= 11 is 0.623. The average Bonchev–Trinajstić information content (AvgIpc) is 3.27. The van der Waals surface area contributed by atoms with Crippen molar-refractivity contribution in [3.05, 3.63) is 108 Å². The van der Waals surface area contributed by atoms with Crippen LogP contribution in [-0.2, 0) is 5.60 Å². The molecule has 0 aliphatic heterocycles. The highest BCUT2D eigenvalue weighted by Crippen LogP contribution is 2.38. The standard InChI is InChI=1S/C24H19F4N3O2S/c25-18-11-13-19(14-12-18)31-21(29-30-22(31)34-15-20(32)24(26,27)28)23(33,16-7-3-1-4-8-16)17-9-5-2-6-10-17/h1-14,20,32-33H,15H2/t20-/m0/s1. The fraction of sp³-hybridized carbons (Fsp3) is 0.167. The number of thioether (sulfide) groups is 1. The molecule has 3 aromatic carbocycles. The molecule has 4 aromatic rings. The number of halogens is 4. The van der Waals surface area contributed by atoms with Gasteiger partial charge in [0.15, 0.2) is 22.7 Å². The fourth-order valence-electron chi connectivity index (χ4n) is 3.45. The minimum absolute atomic E-state index is 0.000469. The van der Waals surface area contributed by atoms with Crippen LogP contribution in [0.1, 0.15) is 17.0 Å². The number of nitrogens with zero attached hydrogens (tertiary/aromatic N) is 3. The Kier molecular flexibility index (Phi) is 6.74. The van der Waals surface area contributed by atoms with Gasteiger partial charge >= 0.3 is 6.18 Å². The zero-order valence-electron chi connectivity index (χ0n) is 17.5. The second-order valence-corrected chi connectivity index (χ2v) is 8.42. The summed E-state index contributed by atoms with van der Waals surface area (Å²) in [5.74, 6) is -1.25. The van der Waals surface area contributed by atoms with Gasteiger partial charge in [-0.3, -0.25) is 4.57 Å². The van der Waals surface area contributed by atoms with Crippen molar-refractivity contribution in [3.63, 3.8) is 0 Å². The summed E-state index contributed by atoms with van der Waals surface area (Å²) < 4.78 is 53.6. The van der Waals surface area contributed by atoms with Gasteiger partial charge in [0.05, 0.1) is 0 Å².